The summed E-state index contributed by atoms with van der Waals surface area (Å²) in [6.07, 6.45) is -24.9. The maximum Gasteiger partial charge on any atom is 0.472 e. The van der Waals surface area contributed by atoms with E-state index in [0.717, 1.165) is 15.3 Å². The normalized spacial score (nSPS) is 39.0. The molecule has 4 saturated heterocycles. The summed E-state index contributed by atoms with van der Waals surface area (Å²) in [5, 5.41) is 94.2. The number of aromatic amines is 1. The Labute approximate surface area is 342 Å². The van der Waals surface area contributed by atoms with Gasteiger partial charge in [0.1, 0.15) is 92.1 Å². The van der Waals surface area contributed by atoms with Crippen molar-refractivity contribution < 1.29 is 97.6 Å². The van der Waals surface area contributed by atoms with Crippen molar-refractivity contribution in [3.8, 4) is 0 Å². The predicted octanol–water partition coefficient (Wildman–Crippen LogP) is -7.29. The van der Waals surface area contributed by atoms with E-state index >= 15 is 0 Å². The summed E-state index contributed by atoms with van der Waals surface area (Å²) in [6, 6.07) is 1.38. The number of rotatable bonds is 16. The number of hydrogen-bond acceptors (Lipinski definition) is 24. The summed E-state index contributed by atoms with van der Waals surface area (Å²) in [5.74, 6) is -0.000680. The number of aromatic nitrogens is 4. The van der Waals surface area contributed by atoms with Gasteiger partial charge in [-0.3, -0.25) is 28.0 Å². The molecule has 4 aliphatic heterocycles. The van der Waals surface area contributed by atoms with Gasteiger partial charge < -0.3 is 89.7 Å². The van der Waals surface area contributed by atoms with Crippen molar-refractivity contribution in [2.24, 2.45) is 0 Å². The fourth-order valence-corrected chi connectivity index (χ4v) is 7.60. The molecule has 0 amide bonds. The number of anilines is 1. The topological polar surface area (TPSA) is 418 Å². The Bertz CT molecular complexity index is 2020. The van der Waals surface area contributed by atoms with Crippen LogP contribution in [-0.2, 0) is 46.8 Å². The number of nitrogens with zero attached hydrogens (tertiary/aromatic N) is 3. The Morgan fingerprint density at radius 3 is 2.15 bits per heavy atom. The van der Waals surface area contributed by atoms with Crippen LogP contribution >= 0.6 is 7.82 Å². The van der Waals surface area contributed by atoms with E-state index in [9.17, 15) is 69.8 Å². The number of H-pyrrole nitrogens is 1. The maximum atomic E-state index is 12.8. The molecule has 28 nitrogen and oxygen atoms in total. The molecule has 0 aromatic carbocycles. The monoisotopic (exact) mass is 901 g/mol. The number of ether oxygens (including phenoxy) is 7. The summed E-state index contributed by atoms with van der Waals surface area (Å²) in [5.41, 5.74) is 3.23. The Hall–Kier alpha value is -3.17. The van der Waals surface area contributed by atoms with E-state index in [1.54, 1.807) is 0 Å². The fraction of sp³-hybridized carbons (Fsp3) is 0.750. The molecule has 2 aromatic rings. The van der Waals surface area contributed by atoms with Crippen molar-refractivity contribution in [3.63, 3.8) is 0 Å². The van der Waals surface area contributed by atoms with Crippen LogP contribution in [0.25, 0.3) is 0 Å². The Balaban J connectivity index is 0.992. The molecule has 0 aliphatic carbocycles. The van der Waals surface area contributed by atoms with E-state index in [4.69, 9.17) is 47.9 Å². The van der Waals surface area contributed by atoms with Gasteiger partial charge in [-0.25, -0.2) is 14.2 Å². The largest absolute Gasteiger partial charge is 0.472 e. The minimum absolute atomic E-state index is 0.000680. The lowest BCUT2D eigenvalue weighted by Gasteiger charge is -2.43. The average Bonchev–Trinajstić information content (AvgIpc) is 3.71. The van der Waals surface area contributed by atoms with Crippen LogP contribution in [0.1, 0.15) is 24.4 Å². The third-order valence-electron chi connectivity index (χ3n) is 10.3. The smallest absolute Gasteiger partial charge is 0.390 e. The number of aryl methyl sites for hydroxylation is 1. The van der Waals surface area contributed by atoms with Gasteiger partial charge in [-0.1, -0.05) is 0 Å². The van der Waals surface area contributed by atoms with Crippen molar-refractivity contribution in [1.29, 1.82) is 0 Å². The van der Waals surface area contributed by atoms with Crippen LogP contribution in [-0.4, -0.2) is 195 Å². The molecule has 18 atom stereocenters. The maximum absolute atomic E-state index is 12.8. The van der Waals surface area contributed by atoms with E-state index < -0.39 is 156 Å². The van der Waals surface area contributed by atoms with Gasteiger partial charge in [0.15, 0.2) is 18.8 Å². The molecule has 4 aliphatic rings. The minimum atomic E-state index is -5.10. The highest BCUT2D eigenvalue weighted by molar-refractivity contribution is 7.47. The Morgan fingerprint density at radius 1 is 0.787 bits per heavy atom. The second kappa shape index (κ2) is 19.7. The molecule has 6 rings (SSSR count). The molecular formula is C32H48N5O23P. The van der Waals surface area contributed by atoms with Crippen molar-refractivity contribution in [2.75, 3.05) is 39.0 Å². The first-order valence-electron chi connectivity index (χ1n) is 18.6. The number of phosphoric ester groups is 1. The third kappa shape index (κ3) is 10.8. The summed E-state index contributed by atoms with van der Waals surface area (Å²) in [7, 11) is -5.10. The van der Waals surface area contributed by atoms with Gasteiger partial charge in [0.05, 0.1) is 32.5 Å². The number of nitrogen functional groups attached to an aromatic ring is 1. The average molecular weight is 902 g/mol. The van der Waals surface area contributed by atoms with Gasteiger partial charge in [-0.15, -0.1) is 0 Å². The van der Waals surface area contributed by atoms with Crippen LogP contribution < -0.4 is 22.7 Å². The molecule has 0 spiro atoms. The molecule has 13 N–H and O–H groups in total. The molecule has 2 aromatic heterocycles. The molecule has 4 fully saturated rings. The number of nitrogens with one attached hydrogen (secondary N) is 1. The Kier molecular flexibility index (Phi) is 15.3. The quantitative estimate of drug-likeness (QED) is 0.0423. The zero-order valence-electron chi connectivity index (χ0n) is 31.9. The highest BCUT2D eigenvalue weighted by Crippen LogP contribution is 2.45. The van der Waals surface area contributed by atoms with Crippen LogP contribution in [0.5, 0.6) is 0 Å². The van der Waals surface area contributed by atoms with Gasteiger partial charge in [0.2, 0.25) is 0 Å². The van der Waals surface area contributed by atoms with Gasteiger partial charge in [-0.05, 0) is 13.0 Å². The molecule has 18 unspecified atom stereocenters. The van der Waals surface area contributed by atoms with E-state index in [1.807, 2.05) is 4.98 Å². The predicted molar refractivity (Wildman–Crippen MR) is 192 cm³/mol. The summed E-state index contributed by atoms with van der Waals surface area (Å²) < 4.78 is 63.0. The Morgan fingerprint density at radius 2 is 1.46 bits per heavy atom. The fourth-order valence-electron chi connectivity index (χ4n) is 6.86. The SMILES string of the molecule is Cc1cn(C2OC(COP(=O)(O)OCC3OC(OCC4OC(O)C(O)C(O)C4OCOCC4OC(n5ccc(N)nc5=O)CC4O)C(O)C(O)C3O)C(O)C2O)c(=O)[nH]c1=O. The second-order valence-electron chi connectivity index (χ2n) is 14.6. The van der Waals surface area contributed by atoms with Crippen molar-refractivity contribution in [1.82, 2.24) is 19.1 Å². The lowest BCUT2D eigenvalue weighted by atomic mass is 9.98. The van der Waals surface area contributed by atoms with E-state index in [-0.39, 0.29) is 24.4 Å². The van der Waals surface area contributed by atoms with E-state index in [0.29, 0.717) is 0 Å². The van der Waals surface area contributed by atoms with Crippen LogP contribution in [0.4, 0.5) is 5.82 Å². The molecule has 29 heteroatoms. The summed E-state index contributed by atoms with van der Waals surface area (Å²) in [6.45, 7) is -2.07. The molecular weight excluding hydrogens is 853 g/mol. The van der Waals surface area contributed by atoms with E-state index in [2.05, 4.69) is 4.98 Å². The number of hydrogen-bond donors (Lipinski definition) is 12. The molecule has 344 valence electrons. The zero-order chi connectivity index (χ0) is 44.5. The molecule has 6 heterocycles. The summed E-state index contributed by atoms with van der Waals surface area (Å²) in [4.78, 5) is 52.1. The van der Waals surface area contributed by atoms with Crippen LogP contribution in [0.3, 0.4) is 0 Å². The number of phosphoric acid groups is 1. The van der Waals surface area contributed by atoms with Crippen molar-refractivity contribution in [3.05, 3.63) is 55.3 Å². The number of aliphatic hydroxyl groups excluding tert-OH is 9. The van der Waals surface area contributed by atoms with Crippen molar-refractivity contribution >= 4 is 13.6 Å². The van der Waals surface area contributed by atoms with Crippen LogP contribution in [0.2, 0.25) is 0 Å². The van der Waals surface area contributed by atoms with Crippen LogP contribution in [0.15, 0.2) is 32.8 Å². The first-order chi connectivity index (χ1) is 28.8. The number of aliphatic hydroxyl groups is 9. The second-order valence-corrected chi connectivity index (χ2v) is 16.0. The van der Waals surface area contributed by atoms with Gasteiger partial charge >= 0.3 is 19.2 Å². The number of nitrogens with two attached hydrogens (primary N) is 1. The molecule has 61 heavy (non-hydrogen) atoms. The van der Waals surface area contributed by atoms with Gasteiger partial charge in [-0.2, -0.15) is 4.98 Å². The lowest BCUT2D eigenvalue weighted by molar-refractivity contribution is -0.332. The minimum Gasteiger partial charge on any atom is -0.390 e. The molecule has 0 radical (unpaired) electrons. The summed E-state index contributed by atoms with van der Waals surface area (Å²) >= 11 is 0. The highest BCUT2D eigenvalue weighted by Gasteiger charge is 2.49. The zero-order valence-corrected chi connectivity index (χ0v) is 32.8. The standard InChI is InChI=1S/C32H48N5O23P/c1-11-5-37(32(49)35-27(11)46)28-23(43)20(40)14(58-28)8-55-61(50,51)56-9-15-19(39)21(41)25(45)30(60-15)53-7-16-26(22(42)24(44)29(47)59-16)54-10-52-6-13-12(38)4-18(57-13)36-3-2-17(33)34-31(36)48/h2-3,5,12-16,18-26,28-30,38-45,47H,4,6-10H2,1H3,(H,50,51)(H2,33,34,48)(H,35,46,49). The van der Waals surface area contributed by atoms with E-state index in [1.165, 1.54) is 19.2 Å². The highest BCUT2D eigenvalue weighted by atomic mass is 31.2. The van der Waals surface area contributed by atoms with Gasteiger partial charge in [0.25, 0.3) is 5.56 Å². The third-order valence-corrected chi connectivity index (χ3v) is 11.3. The first kappa shape index (κ1) is 47.3. The molecule has 0 saturated carbocycles. The molecule has 0 bridgehead atoms. The van der Waals surface area contributed by atoms with Crippen molar-refractivity contribution in [2.45, 2.75) is 118 Å². The van der Waals surface area contributed by atoms with Crippen LogP contribution in [0, 0.1) is 6.92 Å². The first-order valence-corrected chi connectivity index (χ1v) is 20.1. The lowest BCUT2D eigenvalue weighted by Crippen LogP contribution is -2.62. The van der Waals surface area contributed by atoms with Gasteiger partial charge in [0, 0.05) is 24.4 Å².